The lowest BCUT2D eigenvalue weighted by Gasteiger charge is -2.29. The van der Waals surface area contributed by atoms with Crippen LogP contribution in [-0.2, 0) is 6.42 Å². The smallest absolute Gasteiger partial charge is 0.134 e. The zero-order valence-corrected chi connectivity index (χ0v) is 16.3. The van der Waals surface area contributed by atoms with E-state index >= 15 is 0 Å². The normalized spacial score (nSPS) is 20.4. The summed E-state index contributed by atoms with van der Waals surface area (Å²) in [5.41, 5.74) is 2.21. The van der Waals surface area contributed by atoms with E-state index in [0.717, 1.165) is 35.1 Å². The molecule has 2 aromatic rings. The van der Waals surface area contributed by atoms with E-state index in [2.05, 4.69) is 31.7 Å². The summed E-state index contributed by atoms with van der Waals surface area (Å²) in [4.78, 5) is 0. The molecular formula is C25H33F. The van der Waals surface area contributed by atoms with Crippen molar-refractivity contribution in [3.05, 3.63) is 59.9 Å². The summed E-state index contributed by atoms with van der Waals surface area (Å²) in [6.45, 7) is 6.01. The van der Waals surface area contributed by atoms with Crippen LogP contribution in [0.15, 0.2) is 43.0 Å². The lowest BCUT2D eigenvalue weighted by Crippen LogP contribution is -2.13. The lowest BCUT2D eigenvalue weighted by atomic mass is 9.76. The molecule has 140 valence electrons. The highest BCUT2D eigenvalue weighted by Crippen LogP contribution is 2.38. The number of hydrogen-bond donors (Lipinski definition) is 0. The van der Waals surface area contributed by atoms with Gasteiger partial charge in [0, 0.05) is 5.39 Å². The van der Waals surface area contributed by atoms with Gasteiger partial charge in [-0.15, -0.1) is 6.58 Å². The van der Waals surface area contributed by atoms with Crippen LogP contribution in [0.1, 0.15) is 81.8 Å². The number of benzene rings is 2. The van der Waals surface area contributed by atoms with Crippen molar-refractivity contribution in [1.82, 2.24) is 0 Å². The maximum absolute atomic E-state index is 14.7. The van der Waals surface area contributed by atoms with E-state index in [1.54, 1.807) is 0 Å². The Morgan fingerprint density at radius 3 is 2.62 bits per heavy atom. The van der Waals surface area contributed by atoms with E-state index in [1.807, 2.05) is 18.2 Å². The van der Waals surface area contributed by atoms with Gasteiger partial charge in [0.1, 0.15) is 5.82 Å². The summed E-state index contributed by atoms with van der Waals surface area (Å²) in [6.07, 6.45) is 14.2. The second-order valence-electron chi connectivity index (χ2n) is 8.06. The van der Waals surface area contributed by atoms with Crippen LogP contribution < -0.4 is 0 Å². The van der Waals surface area contributed by atoms with Crippen LogP contribution in [0.3, 0.4) is 0 Å². The van der Waals surface area contributed by atoms with Crippen molar-refractivity contribution < 1.29 is 4.39 Å². The van der Waals surface area contributed by atoms with Crippen molar-refractivity contribution in [2.75, 3.05) is 0 Å². The van der Waals surface area contributed by atoms with E-state index in [4.69, 9.17) is 0 Å². The summed E-state index contributed by atoms with van der Waals surface area (Å²) in [5, 5.41) is 1.82. The molecule has 0 unspecified atom stereocenters. The summed E-state index contributed by atoms with van der Waals surface area (Å²) in [6, 6.07) is 10.5. The molecule has 0 heterocycles. The van der Waals surface area contributed by atoms with Gasteiger partial charge in [-0.2, -0.15) is 0 Å². The molecule has 0 saturated heterocycles. The molecular weight excluding hydrogens is 319 g/mol. The zero-order chi connectivity index (χ0) is 18.4. The molecule has 1 saturated carbocycles. The van der Waals surface area contributed by atoms with Crippen LogP contribution in [0.2, 0.25) is 0 Å². The molecule has 3 rings (SSSR count). The number of unbranched alkanes of at least 4 members (excludes halogenated alkanes) is 2. The third-order valence-electron chi connectivity index (χ3n) is 6.21. The van der Waals surface area contributed by atoms with Gasteiger partial charge < -0.3 is 0 Å². The Morgan fingerprint density at radius 1 is 1.08 bits per heavy atom. The molecule has 0 spiro atoms. The number of hydrogen-bond acceptors (Lipinski definition) is 0. The molecule has 2 aromatic carbocycles. The van der Waals surface area contributed by atoms with Crippen LogP contribution in [0.25, 0.3) is 10.8 Å². The largest absolute Gasteiger partial charge is 0.206 e. The molecule has 1 heteroatoms. The first-order chi connectivity index (χ1) is 12.7. The predicted molar refractivity (Wildman–Crippen MR) is 111 cm³/mol. The minimum atomic E-state index is -0.0458. The van der Waals surface area contributed by atoms with Crippen molar-refractivity contribution in [3.8, 4) is 0 Å². The molecule has 0 amide bonds. The number of allylic oxidation sites excluding steroid dienone is 1. The fraction of sp³-hybridized carbons (Fsp3) is 0.520. The topological polar surface area (TPSA) is 0 Å². The zero-order valence-electron chi connectivity index (χ0n) is 16.3. The van der Waals surface area contributed by atoms with Gasteiger partial charge in [-0.25, -0.2) is 4.39 Å². The number of aryl methyl sites for hydroxylation is 1. The summed E-state index contributed by atoms with van der Waals surface area (Å²) in [5.74, 6) is 1.55. The Balaban J connectivity index is 1.67. The highest BCUT2D eigenvalue weighted by Gasteiger charge is 2.22. The Bertz CT molecular complexity index is 722. The van der Waals surface area contributed by atoms with Crippen molar-refractivity contribution >= 4 is 10.8 Å². The number of rotatable bonds is 8. The van der Waals surface area contributed by atoms with E-state index in [9.17, 15) is 4.39 Å². The van der Waals surface area contributed by atoms with Crippen molar-refractivity contribution in [1.29, 1.82) is 0 Å². The van der Waals surface area contributed by atoms with Gasteiger partial charge in [0.05, 0.1) is 0 Å². The fourth-order valence-corrected chi connectivity index (χ4v) is 4.53. The molecule has 0 N–H and O–H groups in total. The highest BCUT2D eigenvalue weighted by molar-refractivity contribution is 5.84. The van der Waals surface area contributed by atoms with Gasteiger partial charge >= 0.3 is 0 Å². The minimum absolute atomic E-state index is 0.0458. The summed E-state index contributed by atoms with van der Waals surface area (Å²) in [7, 11) is 0. The molecule has 0 nitrogen and oxygen atoms in total. The molecule has 0 aromatic heterocycles. The SMILES string of the molecule is C=CCCc1ccc2cc(C3CCC(CCCCC)CC3)ccc2c1F. The van der Waals surface area contributed by atoms with E-state index in [0.29, 0.717) is 5.92 Å². The molecule has 26 heavy (non-hydrogen) atoms. The standard InChI is InChI=1S/C25H33F/c1-3-5-7-8-19-10-12-20(13-11-19)22-16-17-24-23(18-22)15-14-21(25(24)26)9-6-4-2/h4,14-20H,2-3,5-13H2,1H3. The van der Waals surface area contributed by atoms with Gasteiger partial charge in [-0.1, -0.05) is 69.0 Å². The van der Waals surface area contributed by atoms with Crippen molar-refractivity contribution in [3.63, 3.8) is 0 Å². The maximum Gasteiger partial charge on any atom is 0.134 e. The Morgan fingerprint density at radius 2 is 1.88 bits per heavy atom. The van der Waals surface area contributed by atoms with Crippen LogP contribution >= 0.6 is 0 Å². The molecule has 1 aliphatic carbocycles. The first-order valence-corrected chi connectivity index (χ1v) is 10.5. The third-order valence-corrected chi connectivity index (χ3v) is 6.21. The summed E-state index contributed by atoms with van der Waals surface area (Å²) >= 11 is 0. The first kappa shape index (κ1) is 19.1. The van der Waals surface area contributed by atoms with Gasteiger partial charge in [-0.05, 0) is 66.9 Å². The molecule has 0 radical (unpaired) electrons. The average molecular weight is 353 g/mol. The average Bonchev–Trinajstić information content (AvgIpc) is 2.68. The predicted octanol–water partition coefficient (Wildman–Crippen LogP) is 7.95. The Kier molecular flexibility index (Phi) is 6.88. The van der Waals surface area contributed by atoms with Crippen LogP contribution in [0, 0.1) is 11.7 Å². The van der Waals surface area contributed by atoms with Crippen molar-refractivity contribution in [2.24, 2.45) is 5.92 Å². The first-order valence-electron chi connectivity index (χ1n) is 10.5. The molecule has 1 fully saturated rings. The molecule has 0 atom stereocenters. The van der Waals surface area contributed by atoms with Gasteiger partial charge in [0.2, 0.25) is 0 Å². The quantitative estimate of drug-likeness (QED) is 0.334. The third kappa shape index (κ3) is 4.55. The van der Waals surface area contributed by atoms with Crippen LogP contribution in [0.4, 0.5) is 4.39 Å². The van der Waals surface area contributed by atoms with Crippen LogP contribution in [0.5, 0.6) is 0 Å². The Hall–Kier alpha value is -1.63. The number of halogens is 1. The van der Waals surface area contributed by atoms with Gasteiger partial charge in [0.15, 0.2) is 0 Å². The maximum atomic E-state index is 14.7. The minimum Gasteiger partial charge on any atom is -0.206 e. The van der Waals surface area contributed by atoms with Gasteiger partial charge in [0.25, 0.3) is 0 Å². The second kappa shape index (κ2) is 9.35. The van der Waals surface area contributed by atoms with Crippen LogP contribution in [-0.4, -0.2) is 0 Å². The molecule has 0 bridgehead atoms. The Labute approximate surface area is 158 Å². The molecule has 0 aliphatic heterocycles. The number of fused-ring (bicyclic) bond motifs is 1. The van der Waals surface area contributed by atoms with Crippen molar-refractivity contribution in [2.45, 2.75) is 77.0 Å². The van der Waals surface area contributed by atoms with E-state index in [1.165, 1.54) is 56.9 Å². The van der Waals surface area contributed by atoms with E-state index in [-0.39, 0.29) is 5.82 Å². The fourth-order valence-electron chi connectivity index (χ4n) is 4.53. The monoisotopic (exact) mass is 352 g/mol. The summed E-state index contributed by atoms with van der Waals surface area (Å²) < 4.78 is 14.7. The lowest BCUT2D eigenvalue weighted by molar-refractivity contribution is 0.303. The van der Waals surface area contributed by atoms with Gasteiger partial charge in [-0.3, -0.25) is 0 Å². The molecule has 1 aliphatic rings. The highest BCUT2D eigenvalue weighted by atomic mass is 19.1. The second-order valence-corrected chi connectivity index (χ2v) is 8.06. The van der Waals surface area contributed by atoms with E-state index < -0.39 is 0 Å².